The fourth-order valence-corrected chi connectivity index (χ4v) is 4.49. The van der Waals surface area contributed by atoms with Crippen molar-refractivity contribution in [3.05, 3.63) is 54.2 Å². The van der Waals surface area contributed by atoms with Crippen LogP contribution in [-0.2, 0) is 9.84 Å². The van der Waals surface area contributed by atoms with Gasteiger partial charge in [-0.25, -0.2) is 17.7 Å². The highest BCUT2D eigenvalue weighted by Gasteiger charge is 2.35. The Hall–Kier alpha value is -2.94. The van der Waals surface area contributed by atoms with E-state index < -0.39 is 21.9 Å². The van der Waals surface area contributed by atoms with Crippen molar-refractivity contribution in [2.45, 2.75) is 10.9 Å². The van der Waals surface area contributed by atoms with Crippen molar-refractivity contribution in [3.63, 3.8) is 0 Å². The number of fused-ring (bicyclic) bond motifs is 2. The molecule has 0 saturated carbocycles. The van der Waals surface area contributed by atoms with Gasteiger partial charge in [0.2, 0.25) is 0 Å². The number of nitrogens with zero attached hydrogens (tertiary/aromatic N) is 3. The summed E-state index contributed by atoms with van der Waals surface area (Å²) in [5.41, 5.74) is 1.19. The quantitative estimate of drug-likeness (QED) is 0.731. The van der Waals surface area contributed by atoms with Gasteiger partial charge in [0.15, 0.2) is 15.5 Å². The van der Waals surface area contributed by atoms with Gasteiger partial charge in [-0.1, -0.05) is 24.3 Å². The number of pyridine rings is 1. The molecule has 0 bridgehead atoms. The lowest BCUT2D eigenvalue weighted by Gasteiger charge is -2.12. The Morgan fingerprint density at radius 2 is 1.96 bits per heavy atom. The van der Waals surface area contributed by atoms with Crippen LogP contribution in [0.4, 0.5) is 10.7 Å². The number of carbonyl (C=O) groups excluding carboxylic acids is 1. The van der Waals surface area contributed by atoms with Gasteiger partial charge in [-0.05, 0) is 23.8 Å². The van der Waals surface area contributed by atoms with Gasteiger partial charge in [-0.15, -0.1) is 5.10 Å². The third kappa shape index (κ3) is 2.48. The number of sulfone groups is 1. The van der Waals surface area contributed by atoms with Gasteiger partial charge in [0.25, 0.3) is 5.95 Å². The molecule has 8 nitrogen and oxygen atoms in total. The number of aromatic nitrogens is 3. The van der Waals surface area contributed by atoms with E-state index in [1.165, 1.54) is 4.52 Å². The zero-order valence-electron chi connectivity index (χ0n) is 12.4. The van der Waals surface area contributed by atoms with Crippen molar-refractivity contribution >= 4 is 27.5 Å². The molecule has 0 saturated heterocycles. The van der Waals surface area contributed by atoms with E-state index >= 15 is 0 Å². The van der Waals surface area contributed by atoms with E-state index in [1.54, 1.807) is 42.6 Å². The van der Waals surface area contributed by atoms with E-state index in [-0.39, 0.29) is 16.6 Å². The van der Waals surface area contributed by atoms with Crippen molar-refractivity contribution in [2.24, 2.45) is 0 Å². The largest absolute Gasteiger partial charge is 0.330 e. The van der Waals surface area contributed by atoms with Gasteiger partial charge in [0.05, 0.1) is 16.7 Å². The van der Waals surface area contributed by atoms with E-state index in [1.807, 2.05) is 6.07 Å². The molecule has 3 heterocycles. The molecule has 0 spiro atoms. The molecule has 0 aliphatic carbocycles. The predicted octanol–water partition coefficient (Wildman–Crippen LogP) is 1.38. The molecule has 4 rings (SSSR count). The summed E-state index contributed by atoms with van der Waals surface area (Å²) in [6.45, 7) is 0. The minimum Gasteiger partial charge on any atom is -0.330 e. The summed E-state index contributed by atoms with van der Waals surface area (Å²) in [6.07, 6.45) is 1.71. The lowest BCUT2D eigenvalue weighted by atomic mass is 10.1. The SMILES string of the molecule is O=C(Nc1nc2ccccn2n1)N[C@@H]1CS(=O)(=O)c2ccccc21. The van der Waals surface area contributed by atoms with Gasteiger partial charge in [-0.2, -0.15) is 4.98 Å². The molecule has 24 heavy (non-hydrogen) atoms. The maximum absolute atomic E-state index is 12.2. The number of hydrogen-bond acceptors (Lipinski definition) is 5. The Morgan fingerprint density at radius 1 is 1.17 bits per heavy atom. The molecule has 3 aromatic rings. The van der Waals surface area contributed by atoms with Crippen LogP contribution in [0.1, 0.15) is 11.6 Å². The molecular formula is C15H13N5O3S. The van der Waals surface area contributed by atoms with Gasteiger partial charge < -0.3 is 5.32 Å². The third-order valence-corrected chi connectivity index (χ3v) is 5.60. The van der Waals surface area contributed by atoms with Crippen LogP contribution in [0.25, 0.3) is 5.65 Å². The van der Waals surface area contributed by atoms with E-state index in [9.17, 15) is 13.2 Å². The first-order chi connectivity index (χ1) is 11.5. The summed E-state index contributed by atoms with van der Waals surface area (Å²) in [4.78, 5) is 16.6. The molecule has 0 fully saturated rings. The maximum Gasteiger partial charge on any atom is 0.322 e. The first-order valence-corrected chi connectivity index (χ1v) is 8.89. The molecule has 1 aliphatic heterocycles. The molecular weight excluding hydrogens is 330 g/mol. The zero-order chi connectivity index (χ0) is 16.7. The van der Waals surface area contributed by atoms with Gasteiger partial charge in [0, 0.05) is 6.20 Å². The lowest BCUT2D eigenvalue weighted by molar-refractivity contribution is 0.249. The first-order valence-electron chi connectivity index (χ1n) is 7.23. The highest BCUT2D eigenvalue weighted by atomic mass is 32.2. The fraction of sp³-hybridized carbons (Fsp3) is 0.133. The van der Waals surface area contributed by atoms with Crippen LogP contribution >= 0.6 is 0 Å². The number of rotatable bonds is 2. The van der Waals surface area contributed by atoms with Gasteiger partial charge in [0.1, 0.15) is 0 Å². The minimum atomic E-state index is -3.37. The highest BCUT2D eigenvalue weighted by Crippen LogP contribution is 2.32. The molecule has 2 amide bonds. The third-order valence-electron chi connectivity index (χ3n) is 3.79. The molecule has 9 heteroatoms. The Morgan fingerprint density at radius 3 is 2.79 bits per heavy atom. The molecule has 2 aromatic heterocycles. The Bertz CT molecular complexity index is 1010. The number of benzene rings is 1. The number of anilines is 1. The summed E-state index contributed by atoms with van der Waals surface area (Å²) in [6, 6.07) is 10.9. The van der Waals surface area contributed by atoms with Gasteiger partial charge >= 0.3 is 6.03 Å². The standard InChI is InChI=1S/C15H13N5O3S/c21-15(18-14-17-13-7-3-4-8-20(13)19-14)16-11-9-24(22,23)12-6-2-1-5-10(11)12/h1-8,11H,9H2,(H2,16,18,19,21)/t11-/m1/s1. The van der Waals surface area contributed by atoms with Crippen molar-refractivity contribution in [3.8, 4) is 0 Å². The summed E-state index contributed by atoms with van der Waals surface area (Å²) in [5.74, 6) is -0.00826. The molecule has 1 aliphatic rings. The summed E-state index contributed by atoms with van der Waals surface area (Å²) in [5, 5.41) is 9.31. The average Bonchev–Trinajstić information content (AvgIpc) is 3.06. The zero-order valence-corrected chi connectivity index (χ0v) is 13.2. The Labute approximate surface area is 137 Å². The normalized spacial score (nSPS) is 18.2. The average molecular weight is 343 g/mol. The predicted molar refractivity (Wildman–Crippen MR) is 86.4 cm³/mol. The smallest absolute Gasteiger partial charge is 0.322 e. The van der Waals surface area contributed by atoms with Crippen molar-refractivity contribution in [2.75, 3.05) is 11.1 Å². The topological polar surface area (TPSA) is 105 Å². The second-order valence-corrected chi connectivity index (χ2v) is 7.41. The van der Waals surface area contributed by atoms with Crippen LogP contribution in [0.5, 0.6) is 0 Å². The van der Waals surface area contributed by atoms with Crippen molar-refractivity contribution in [1.29, 1.82) is 0 Å². The lowest BCUT2D eigenvalue weighted by Crippen LogP contribution is -2.33. The first kappa shape index (κ1) is 14.6. The highest BCUT2D eigenvalue weighted by molar-refractivity contribution is 7.91. The van der Waals surface area contributed by atoms with Crippen LogP contribution in [0, 0.1) is 0 Å². The molecule has 1 aromatic carbocycles. The molecule has 1 atom stereocenters. The molecule has 122 valence electrons. The fourth-order valence-electron chi connectivity index (χ4n) is 2.75. The summed E-state index contributed by atoms with van der Waals surface area (Å²) >= 11 is 0. The van der Waals surface area contributed by atoms with E-state index in [2.05, 4.69) is 20.7 Å². The van der Waals surface area contributed by atoms with Crippen LogP contribution < -0.4 is 10.6 Å². The monoisotopic (exact) mass is 343 g/mol. The van der Waals surface area contributed by atoms with Crippen molar-refractivity contribution in [1.82, 2.24) is 19.9 Å². The second kappa shape index (κ2) is 5.31. The second-order valence-electron chi connectivity index (χ2n) is 5.41. The van der Waals surface area contributed by atoms with E-state index in [0.29, 0.717) is 11.2 Å². The Balaban J connectivity index is 1.53. The number of amides is 2. The maximum atomic E-state index is 12.2. The molecule has 2 N–H and O–H groups in total. The Kier molecular flexibility index (Phi) is 3.24. The number of carbonyl (C=O) groups is 1. The minimum absolute atomic E-state index is 0.146. The number of hydrogen-bond donors (Lipinski definition) is 2. The number of nitrogens with one attached hydrogen (secondary N) is 2. The van der Waals surface area contributed by atoms with Crippen LogP contribution in [0.15, 0.2) is 53.6 Å². The summed E-state index contributed by atoms with van der Waals surface area (Å²) < 4.78 is 25.8. The summed E-state index contributed by atoms with van der Waals surface area (Å²) in [7, 11) is -3.37. The molecule has 0 unspecified atom stereocenters. The van der Waals surface area contributed by atoms with Crippen LogP contribution in [0.3, 0.4) is 0 Å². The van der Waals surface area contributed by atoms with Gasteiger partial charge in [-0.3, -0.25) is 5.32 Å². The van der Waals surface area contributed by atoms with Crippen molar-refractivity contribution < 1.29 is 13.2 Å². The van der Waals surface area contributed by atoms with E-state index in [0.717, 1.165) is 0 Å². The van der Waals surface area contributed by atoms with Crippen LogP contribution in [0.2, 0.25) is 0 Å². The van der Waals surface area contributed by atoms with E-state index in [4.69, 9.17) is 0 Å². The van der Waals surface area contributed by atoms with Crippen LogP contribution in [-0.4, -0.2) is 34.8 Å². The molecule has 0 radical (unpaired) electrons. The number of urea groups is 1.